The maximum atomic E-state index is 12.8. The molecule has 370 valence electrons. The Bertz CT molecular complexity index is 1220. The van der Waals surface area contributed by atoms with E-state index in [2.05, 4.69) is 124 Å². The van der Waals surface area contributed by atoms with Crippen LogP contribution in [0, 0.1) is 0 Å². The smallest absolute Gasteiger partial charge is 0.330 e. The molecular formula is C42H96O11Si10. The third-order valence-electron chi connectivity index (χ3n) is 11.9. The molecule has 0 bridgehead atoms. The first-order valence-electron chi connectivity index (χ1n) is 24.5. The van der Waals surface area contributed by atoms with Crippen LogP contribution in [0.15, 0.2) is 12.7 Å². The molecule has 0 amide bonds. The number of carbonyl (C=O) groups excluding carboxylic acids is 1. The second-order valence-corrected chi connectivity index (χ2v) is 65.1. The fourth-order valence-corrected chi connectivity index (χ4v) is 53.4. The van der Waals surface area contributed by atoms with Crippen LogP contribution in [0.2, 0.25) is 124 Å². The SMILES string of the molecule is C=CC(=O)OCCC[Si](C1([SiH2]C(O[Si](C)(C)C)O[Si](C)(C)C)CCCCO1)(C1([SiH2]C(O[Si](C)(C)C)O[Si](C)(C)C)CCCCO1)C1([SiH2]C(O[Si](C)(C)C)O[Si](C)(C)C)CCCCO1. The summed E-state index contributed by atoms with van der Waals surface area (Å²) in [6.07, 6.45) is 11.0. The molecular weight excluding hydrogens is 961 g/mol. The number of carbonyl (C=O) groups is 1. The summed E-state index contributed by atoms with van der Waals surface area (Å²) in [5.41, 5.74) is 0. The highest BCUT2D eigenvalue weighted by molar-refractivity contribution is 7.04. The monoisotopic (exact) mass is 1060 g/mol. The molecule has 0 aromatic carbocycles. The van der Waals surface area contributed by atoms with Gasteiger partial charge in [-0.2, -0.15) is 0 Å². The topological polar surface area (TPSA) is 109 Å². The summed E-state index contributed by atoms with van der Waals surface area (Å²) in [5.74, 6) is -1.31. The lowest BCUT2D eigenvalue weighted by atomic mass is 10.2. The van der Waals surface area contributed by atoms with Crippen LogP contribution in [0.1, 0.15) is 64.2 Å². The zero-order valence-electron chi connectivity index (χ0n) is 43.7. The molecule has 3 aliphatic rings. The Labute approximate surface area is 399 Å². The van der Waals surface area contributed by atoms with Crippen LogP contribution in [-0.2, 0) is 50.3 Å². The van der Waals surface area contributed by atoms with Gasteiger partial charge >= 0.3 is 5.97 Å². The van der Waals surface area contributed by atoms with Crippen molar-refractivity contribution < 1.29 is 50.3 Å². The summed E-state index contributed by atoms with van der Waals surface area (Å²) in [6.45, 7) is 47.4. The Kier molecular flexibility index (Phi) is 21.6. The Morgan fingerprint density at radius 1 is 0.508 bits per heavy atom. The summed E-state index contributed by atoms with van der Waals surface area (Å²) in [5, 5.41) is 0. The van der Waals surface area contributed by atoms with Gasteiger partial charge in [0.05, 0.1) is 21.1 Å². The van der Waals surface area contributed by atoms with Gasteiger partial charge in [-0.1, -0.05) is 6.58 Å². The predicted octanol–water partition coefficient (Wildman–Crippen LogP) is 8.33. The minimum Gasteiger partial charge on any atom is -0.463 e. The van der Waals surface area contributed by atoms with E-state index in [1.54, 1.807) is 0 Å². The molecule has 0 spiro atoms. The largest absolute Gasteiger partial charge is 0.463 e. The Morgan fingerprint density at radius 3 is 0.984 bits per heavy atom. The van der Waals surface area contributed by atoms with E-state index in [1.807, 2.05) is 0 Å². The molecule has 3 rings (SSSR count). The molecule has 3 fully saturated rings. The van der Waals surface area contributed by atoms with Crippen LogP contribution in [-0.4, -0.2) is 151 Å². The van der Waals surface area contributed by atoms with Gasteiger partial charge in [-0.05, 0) is 188 Å². The highest BCUT2D eigenvalue weighted by Gasteiger charge is 2.76. The van der Waals surface area contributed by atoms with E-state index in [4.69, 9.17) is 45.5 Å². The summed E-state index contributed by atoms with van der Waals surface area (Å²) in [4.78, 5) is 11.2. The van der Waals surface area contributed by atoms with Crippen LogP contribution in [0.4, 0.5) is 0 Å². The number of esters is 1. The number of ether oxygens (including phenoxy) is 4. The Balaban J connectivity index is 2.67. The Morgan fingerprint density at radius 2 is 0.778 bits per heavy atom. The van der Waals surface area contributed by atoms with Crippen LogP contribution in [0.5, 0.6) is 0 Å². The number of hydrogen-bond acceptors (Lipinski definition) is 11. The van der Waals surface area contributed by atoms with Gasteiger partial charge in [0.2, 0.25) is 0 Å². The molecule has 3 unspecified atom stereocenters. The second-order valence-electron chi connectivity index (χ2n) is 24.6. The lowest BCUT2D eigenvalue weighted by Crippen LogP contribution is -2.90. The molecule has 0 aromatic rings. The molecule has 11 nitrogen and oxygen atoms in total. The minimum atomic E-state index is -3.35. The lowest BCUT2D eigenvalue weighted by molar-refractivity contribution is -0.137. The van der Waals surface area contributed by atoms with Crippen molar-refractivity contribution in [2.24, 2.45) is 0 Å². The van der Waals surface area contributed by atoms with Crippen LogP contribution < -0.4 is 0 Å². The lowest BCUT2D eigenvalue weighted by Gasteiger charge is -2.68. The van der Waals surface area contributed by atoms with Gasteiger partial charge in [0.25, 0.3) is 0 Å². The van der Waals surface area contributed by atoms with Crippen molar-refractivity contribution in [2.45, 2.75) is 220 Å². The van der Waals surface area contributed by atoms with Crippen LogP contribution >= 0.6 is 0 Å². The standard InChI is InChI=1S/C42H96O11Si10/c1-20-36(43)44-31-27-35-63(40(28-21-24-32-45-40)54-37(48-57(2,3)4)49-58(5,6)7,41(29-22-25-33-46-41)55-38(50-59(8,9)10)51-60(11,12)13)42(30-23-26-34-47-42)56-39(52-61(14,15)16)53-62(17,18)19/h20,37-39H,1,21-35,54-56H2,2-19H3. The van der Waals surface area contributed by atoms with Gasteiger partial charge in [-0.15, -0.1) is 0 Å². The molecule has 0 N–H and O–H groups in total. The molecule has 3 heterocycles. The van der Waals surface area contributed by atoms with Crippen LogP contribution in [0.3, 0.4) is 0 Å². The van der Waals surface area contributed by atoms with Crippen molar-refractivity contribution in [1.29, 1.82) is 0 Å². The predicted molar refractivity (Wildman–Crippen MR) is 288 cm³/mol. The third kappa shape index (κ3) is 18.4. The van der Waals surface area contributed by atoms with E-state index in [-0.39, 0.29) is 23.7 Å². The van der Waals surface area contributed by atoms with E-state index in [0.29, 0.717) is 32.8 Å². The normalized spacial score (nSPS) is 26.6. The van der Waals surface area contributed by atoms with Crippen molar-refractivity contribution >= 4 is 92.5 Å². The molecule has 0 aromatic heterocycles. The molecule has 0 aliphatic carbocycles. The first-order valence-corrected chi connectivity index (χ1v) is 51.7. The zero-order valence-corrected chi connectivity index (χ0v) is 55.0. The first kappa shape index (κ1) is 58.3. The van der Waals surface area contributed by atoms with Gasteiger partial charge in [0.15, 0.2) is 49.9 Å². The van der Waals surface area contributed by atoms with Gasteiger partial charge in [-0.3, -0.25) is 0 Å². The minimum absolute atomic E-state index is 0.299. The maximum absolute atomic E-state index is 12.8. The van der Waals surface area contributed by atoms with Crippen LogP contribution in [0.25, 0.3) is 0 Å². The maximum Gasteiger partial charge on any atom is 0.330 e. The summed E-state index contributed by atoms with van der Waals surface area (Å²) in [6, 6.07) is 0.830. The van der Waals surface area contributed by atoms with Gasteiger partial charge < -0.3 is 45.5 Å². The van der Waals surface area contributed by atoms with Gasteiger partial charge in [0, 0.05) is 25.9 Å². The van der Waals surface area contributed by atoms with E-state index < -0.39 is 101 Å². The highest BCUT2D eigenvalue weighted by Crippen LogP contribution is 2.56. The average Bonchev–Trinajstić information content (AvgIpc) is 3.08. The van der Waals surface area contributed by atoms with E-state index >= 15 is 0 Å². The van der Waals surface area contributed by atoms with E-state index in [0.717, 1.165) is 63.8 Å². The van der Waals surface area contributed by atoms with Crippen molar-refractivity contribution in [3.8, 4) is 0 Å². The summed E-state index contributed by atoms with van der Waals surface area (Å²) >= 11 is 0. The fraction of sp³-hybridized carbons (Fsp3) is 0.929. The van der Waals surface area contributed by atoms with Gasteiger partial charge in [0.1, 0.15) is 54.4 Å². The highest BCUT2D eigenvalue weighted by atomic mass is 28.4. The van der Waals surface area contributed by atoms with Gasteiger partial charge in [-0.25, -0.2) is 4.79 Å². The second kappa shape index (κ2) is 23.3. The fourth-order valence-electron chi connectivity index (χ4n) is 10.6. The zero-order chi connectivity index (χ0) is 47.8. The quantitative estimate of drug-likeness (QED) is 0.0275. The van der Waals surface area contributed by atoms with Crippen molar-refractivity contribution in [3.05, 3.63) is 12.7 Å². The van der Waals surface area contributed by atoms with Crippen molar-refractivity contribution in [1.82, 2.24) is 0 Å². The molecule has 3 aliphatic heterocycles. The molecule has 21 heteroatoms. The van der Waals surface area contributed by atoms with E-state index in [9.17, 15) is 4.79 Å². The Hall–Kier alpha value is 1.02. The summed E-state index contributed by atoms with van der Waals surface area (Å²) in [7, 11) is -20.2. The molecule has 63 heavy (non-hydrogen) atoms. The van der Waals surface area contributed by atoms with Crippen molar-refractivity contribution in [3.63, 3.8) is 0 Å². The third-order valence-corrected chi connectivity index (χ3v) is 39.6. The molecule has 3 atom stereocenters. The summed E-state index contributed by atoms with van der Waals surface area (Å²) < 4.78 is 73.7. The number of hydrogen-bond donors (Lipinski definition) is 0. The molecule has 3 saturated heterocycles. The number of rotatable bonds is 26. The first-order chi connectivity index (χ1) is 28.7. The molecule has 0 saturated carbocycles. The molecule has 0 radical (unpaired) electrons. The van der Waals surface area contributed by atoms with E-state index in [1.165, 1.54) is 6.08 Å². The average molecular weight is 1060 g/mol. The van der Waals surface area contributed by atoms with Crippen molar-refractivity contribution in [2.75, 3.05) is 26.4 Å².